The molecule has 0 aliphatic carbocycles. The summed E-state index contributed by atoms with van der Waals surface area (Å²) in [6.45, 7) is 0. The second kappa shape index (κ2) is 3.33. The summed E-state index contributed by atoms with van der Waals surface area (Å²) in [5, 5.41) is -4.91. The van der Waals surface area contributed by atoms with Crippen LogP contribution in [0.3, 0.4) is 0 Å². The van der Waals surface area contributed by atoms with E-state index in [-0.39, 0.29) is 5.56 Å². The first kappa shape index (κ1) is 9.35. The second-order valence-electron chi connectivity index (χ2n) is 2.14. The average Bonchev–Trinajstić information content (AvgIpc) is 2.06. The van der Waals surface area contributed by atoms with Gasteiger partial charge >= 0.3 is 5.25 Å². The number of alkyl halides is 2. The summed E-state index contributed by atoms with van der Waals surface area (Å²) < 4.78 is 36.5. The fraction of sp³-hybridized carbons (Fsp3) is 0.143. The van der Waals surface area contributed by atoms with Crippen LogP contribution in [0.5, 0.6) is 0 Å². The standard InChI is InChI=1S/C7H5ClF3N/c8-7(9,12(10)11)6-4-2-1-3-5-6/h1-5H. The molecular weight excluding hydrogens is 191 g/mol. The third-order valence-electron chi connectivity index (χ3n) is 1.33. The van der Waals surface area contributed by atoms with Crippen LogP contribution in [0.4, 0.5) is 13.4 Å². The average molecular weight is 196 g/mol. The number of nitrogens with zero attached hydrogens (tertiary/aromatic N) is 1. The molecule has 1 aromatic rings. The fourth-order valence-corrected chi connectivity index (χ4v) is 0.862. The first-order chi connectivity index (χ1) is 5.55. The minimum Gasteiger partial charge on any atom is -0.197 e. The van der Waals surface area contributed by atoms with Crippen molar-refractivity contribution in [2.45, 2.75) is 5.25 Å². The van der Waals surface area contributed by atoms with Gasteiger partial charge in [-0.2, -0.15) is 4.39 Å². The van der Waals surface area contributed by atoms with Crippen LogP contribution in [0.2, 0.25) is 0 Å². The van der Waals surface area contributed by atoms with Crippen LogP contribution < -0.4 is 0 Å². The molecule has 0 aliphatic rings. The maximum Gasteiger partial charge on any atom is 0.320 e. The molecule has 0 saturated carbocycles. The highest BCUT2D eigenvalue weighted by Crippen LogP contribution is 2.35. The summed E-state index contributed by atoms with van der Waals surface area (Å²) in [4.78, 5) is 0. The van der Waals surface area contributed by atoms with E-state index in [9.17, 15) is 13.4 Å². The molecule has 1 unspecified atom stereocenters. The lowest BCUT2D eigenvalue weighted by Gasteiger charge is -2.16. The molecule has 0 aromatic heterocycles. The van der Waals surface area contributed by atoms with Crippen molar-refractivity contribution < 1.29 is 13.4 Å². The van der Waals surface area contributed by atoms with Crippen molar-refractivity contribution in [1.82, 2.24) is 5.34 Å². The quantitative estimate of drug-likeness (QED) is 0.398. The molecule has 66 valence electrons. The zero-order valence-corrected chi connectivity index (χ0v) is 6.60. The molecule has 0 N–H and O–H groups in total. The van der Waals surface area contributed by atoms with Gasteiger partial charge in [0.05, 0.1) is 5.34 Å². The van der Waals surface area contributed by atoms with Crippen LogP contribution in [-0.2, 0) is 5.25 Å². The van der Waals surface area contributed by atoms with Crippen molar-refractivity contribution in [1.29, 1.82) is 0 Å². The zero-order valence-electron chi connectivity index (χ0n) is 5.85. The van der Waals surface area contributed by atoms with Gasteiger partial charge in [-0.25, -0.2) is 0 Å². The van der Waals surface area contributed by atoms with Gasteiger partial charge in [0.25, 0.3) is 0 Å². The van der Waals surface area contributed by atoms with Gasteiger partial charge in [-0.1, -0.05) is 50.9 Å². The first-order valence-electron chi connectivity index (χ1n) is 3.10. The highest BCUT2D eigenvalue weighted by molar-refractivity contribution is 6.22. The Morgan fingerprint density at radius 1 is 1.17 bits per heavy atom. The Bertz CT molecular complexity index is 250. The molecule has 1 nitrogen and oxygen atoms in total. The molecule has 1 rings (SSSR count). The Labute approximate surface area is 72.2 Å². The van der Waals surface area contributed by atoms with E-state index in [0.29, 0.717) is 0 Å². The van der Waals surface area contributed by atoms with Crippen molar-refractivity contribution in [3.63, 3.8) is 0 Å². The Hall–Kier alpha value is -0.740. The summed E-state index contributed by atoms with van der Waals surface area (Å²) in [6.07, 6.45) is 0. The largest absolute Gasteiger partial charge is 0.320 e. The molecule has 0 spiro atoms. The zero-order chi connectivity index (χ0) is 9.19. The Morgan fingerprint density at radius 3 is 2.08 bits per heavy atom. The van der Waals surface area contributed by atoms with Crippen molar-refractivity contribution in [2.24, 2.45) is 0 Å². The molecule has 1 aromatic carbocycles. The van der Waals surface area contributed by atoms with Crippen LogP contribution in [0.25, 0.3) is 0 Å². The van der Waals surface area contributed by atoms with Gasteiger partial charge < -0.3 is 0 Å². The third kappa shape index (κ3) is 1.70. The lowest BCUT2D eigenvalue weighted by atomic mass is 10.2. The molecule has 0 bridgehead atoms. The van der Waals surface area contributed by atoms with E-state index < -0.39 is 10.6 Å². The molecule has 0 radical (unpaired) electrons. The van der Waals surface area contributed by atoms with E-state index in [0.717, 1.165) is 0 Å². The summed E-state index contributed by atoms with van der Waals surface area (Å²) in [5.74, 6) is 0. The Kier molecular flexibility index (Phi) is 2.59. The predicted octanol–water partition coefficient (Wildman–Crippen LogP) is 3.08. The van der Waals surface area contributed by atoms with E-state index in [1.54, 1.807) is 6.07 Å². The number of benzene rings is 1. The monoisotopic (exact) mass is 195 g/mol. The van der Waals surface area contributed by atoms with E-state index in [1.165, 1.54) is 24.3 Å². The topological polar surface area (TPSA) is 3.24 Å². The van der Waals surface area contributed by atoms with Crippen molar-refractivity contribution >= 4 is 11.6 Å². The van der Waals surface area contributed by atoms with E-state index in [1.807, 2.05) is 0 Å². The van der Waals surface area contributed by atoms with E-state index >= 15 is 0 Å². The van der Waals surface area contributed by atoms with Gasteiger partial charge in [0.2, 0.25) is 0 Å². The SMILES string of the molecule is FN(F)C(F)(Cl)c1ccccc1. The van der Waals surface area contributed by atoms with Gasteiger partial charge in [-0.15, -0.1) is 0 Å². The van der Waals surface area contributed by atoms with Crippen LogP contribution in [0, 0.1) is 0 Å². The van der Waals surface area contributed by atoms with Crippen molar-refractivity contribution in [2.75, 3.05) is 0 Å². The number of hydrogen-bond acceptors (Lipinski definition) is 1. The maximum absolute atomic E-state index is 12.9. The lowest BCUT2D eigenvalue weighted by Crippen LogP contribution is -2.24. The van der Waals surface area contributed by atoms with Gasteiger partial charge in [0.15, 0.2) is 0 Å². The number of halogens is 4. The van der Waals surface area contributed by atoms with Gasteiger partial charge in [-0.3, -0.25) is 0 Å². The van der Waals surface area contributed by atoms with Crippen molar-refractivity contribution in [3.05, 3.63) is 35.9 Å². The normalized spacial score (nSPS) is 16.1. The summed E-state index contributed by atoms with van der Waals surface area (Å²) in [7, 11) is 0. The highest BCUT2D eigenvalue weighted by atomic mass is 35.5. The summed E-state index contributed by atoms with van der Waals surface area (Å²) in [5.41, 5.74) is -0.295. The number of rotatable bonds is 2. The second-order valence-corrected chi connectivity index (χ2v) is 2.64. The van der Waals surface area contributed by atoms with E-state index in [2.05, 4.69) is 0 Å². The minimum absolute atomic E-state index is 0.295. The smallest absolute Gasteiger partial charge is 0.197 e. The molecule has 0 saturated heterocycles. The van der Waals surface area contributed by atoms with E-state index in [4.69, 9.17) is 11.6 Å². The van der Waals surface area contributed by atoms with Crippen molar-refractivity contribution in [3.8, 4) is 0 Å². The first-order valence-corrected chi connectivity index (χ1v) is 3.48. The molecule has 5 heteroatoms. The molecule has 1 atom stereocenters. The number of hydrogen-bond donors (Lipinski definition) is 0. The summed E-state index contributed by atoms with van der Waals surface area (Å²) >= 11 is 4.91. The van der Waals surface area contributed by atoms with Gasteiger partial charge in [0.1, 0.15) is 0 Å². The fourth-order valence-electron chi connectivity index (χ4n) is 0.736. The maximum atomic E-state index is 12.9. The van der Waals surface area contributed by atoms with Crippen LogP contribution in [0.15, 0.2) is 30.3 Å². The molecule has 0 amide bonds. The molecule has 0 heterocycles. The van der Waals surface area contributed by atoms with Crippen LogP contribution >= 0.6 is 11.6 Å². The third-order valence-corrected chi connectivity index (χ3v) is 1.68. The molecule has 12 heavy (non-hydrogen) atoms. The Balaban J connectivity index is 2.98. The minimum atomic E-state index is -3.23. The highest BCUT2D eigenvalue weighted by Gasteiger charge is 2.38. The Morgan fingerprint density at radius 2 is 1.67 bits per heavy atom. The molecular formula is C7H5ClF3N. The van der Waals surface area contributed by atoms with Crippen LogP contribution in [0.1, 0.15) is 5.56 Å². The van der Waals surface area contributed by atoms with Gasteiger partial charge in [0, 0.05) is 5.56 Å². The van der Waals surface area contributed by atoms with Crippen LogP contribution in [-0.4, -0.2) is 5.34 Å². The lowest BCUT2D eigenvalue weighted by molar-refractivity contribution is -0.248. The van der Waals surface area contributed by atoms with Gasteiger partial charge in [-0.05, 0) is 0 Å². The molecule has 0 fully saturated rings. The molecule has 0 aliphatic heterocycles. The summed E-state index contributed by atoms with van der Waals surface area (Å²) in [6, 6.07) is 6.79. The predicted molar refractivity (Wildman–Crippen MR) is 39.1 cm³/mol.